The number of aromatic nitrogens is 2. The van der Waals surface area contributed by atoms with Crippen molar-refractivity contribution in [2.24, 2.45) is 0 Å². The molecule has 0 aliphatic rings. The normalized spacial score (nSPS) is 11.0. The summed E-state index contributed by atoms with van der Waals surface area (Å²) >= 11 is 0. The Kier molecular flexibility index (Phi) is 6.05. The number of unbranched alkanes of at least 4 members (excludes halogenated alkanes) is 1. The lowest BCUT2D eigenvalue weighted by Crippen LogP contribution is -2.24. The van der Waals surface area contributed by atoms with Crippen molar-refractivity contribution in [3.8, 4) is 0 Å². The van der Waals surface area contributed by atoms with Gasteiger partial charge in [0.15, 0.2) is 0 Å². The largest absolute Gasteiger partial charge is 0.344 e. The molecule has 0 aliphatic carbocycles. The molecule has 0 bridgehead atoms. The van der Waals surface area contributed by atoms with E-state index < -0.39 is 0 Å². The first-order chi connectivity index (χ1) is 8.54. The Hall–Kier alpha value is -1.16. The van der Waals surface area contributed by atoms with Gasteiger partial charge in [0, 0.05) is 43.6 Å². The molecule has 1 aromatic heterocycles. The van der Waals surface area contributed by atoms with Crippen LogP contribution in [0.25, 0.3) is 0 Å². The Balaban J connectivity index is 2.66. The Morgan fingerprint density at radius 3 is 2.67 bits per heavy atom. The van der Waals surface area contributed by atoms with Gasteiger partial charge in [0.1, 0.15) is 0 Å². The van der Waals surface area contributed by atoms with E-state index in [-0.39, 0.29) is 0 Å². The van der Waals surface area contributed by atoms with Crippen molar-refractivity contribution < 1.29 is 0 Å². The highest BCUT2D eigenvalue weighted by Crippen LogP contribution is 2.10. The Morgan fingerprint density at radius 1 is 1.39 bits per heavy atom. The number of nitrogens with zero attached hydrogens (tertiary/aromatic N) is 3. The Labute approximate surface area is 111 Å². The molecule has 1 heterocycles. The molecule has 0 atom stereocenters. The summed E-state index contributed by atoms with van der Waals surface area (Å²) in [5.74, 6) is 0.828. The van der Waals surface area contributed by atoms with Gasteiger partial charge in [-0.2, -0.15) is 0 Å². The minimum absolute atomic E-state index is 0.483. The molecule has 0 amide bonds. The smallest absolute Gasteiger partial charge is 0.225 e. The lowest BCUT2D eigenvalue weighted by atomic mass is 10.2. The molecule has 1 rings (SSSR count). The van der Waals surface area contributed by atoms with Gasteiger partial charge < -0.3 is 10.2 Å². The molecule has 18 heavy (non-hydrogen) atoms. The molecule has 4 heteroatoms. The third-order valence-electron chi connectivity index (χ3n) is 2.96. The highest BCUT2D eigenvalue weighted by molar-refractivity contribution is 5.31. The maximum atomic E-state index is 4.58. The van der Waals surface area contributed by atoms with Crippen molar-refractivity contribution in [2.75, 3.05) is 18.5 Å². The predicted molar refractivity (Wildman–Crippen MR) is 76.9 cm³/mol. The Bertz CT molecular complexity index is 363. The van der Waals surface area contributed by atoms with Gasteiger partial charge in [0.05, 0.1) is 0 Å². The third-order valence-corrected chi connectivity index (χ3v) is 2.96. The number of aryl methyl sites for hydroxylation is 1. The van der Waals surface area contributed by atoms with Crippen LogP contribution in [0.15, 0.2) is 6.20 Å². The van der Waals surface area contributed by atoms with E-state index in [0.29, 0.717) is 6.04 Å². The second-order valence-electron chi connectivity index (χ2n) is 5.09. The quantitative estimate of drug-likeness (QED) is 0.807. The van der Waals surface area contributed by atoms with E-state index in [9.17, 15) is 0 Å². The fourth-order valence-electron chi connectivity index (χ4n) is 1.65. The predicted octanol–water partition coefficient (Wildman–Crippen LogP) is 2.52. The first-order valence-electron chi connectivity index (χ1n) is 6.81. The van der Waals surface area contributed by atoms with E-state index in [0.717, 1.165) is 24.7 Å². The molecule has 0 spiro atoms. The standard InChI is InChI=1S/C14H26N4/c1-6-7-8-18(5)14-16-10-13(12(4)17-14)9-15-11(2)3/h10-11,15H,6-9H2,1-5H3. The fraction of sp³-hybridized carbons (Fsp3) is 0.714. The lowest BCUT2D eigenvalue weighted by molar-refractivity contribution is 0.584. The zero-order valence-electron chi connectivity index (χ0n) is 12.3. The van der Waals surface area contributed by atoms with E-state index in [1.54, 1.807) is 0 Å². The lowest BCUT2D eigenvalue weighted by Gasteiger charge is -2.18. The molecule has 0 aliphatic heterocycles. The second-order valence-corrected chi connectivity index (χ2v) is 5.09. The molecule has 0 saturated carbocycles. The number of anilines is 1. The van der Waals surface area contributed by atoms with E-state index in [2.05, 4.69) is 54.9 Å². The fourth-order valence-corrected chi connectivity index (χ4v) is 1.65. The molecule has 1 aromatic rings. The van der Waals surface area contributed by atoms with Crippen molar-refractivity contribution in [3.05, 3.63) is 17.5 Å². The zero-order chi connectivity index (χ0) is 13.5. The second kappa shape index (κ2) is 7.31. The van der Waals surface area contributed by atoms with Crippen LogP contribution >= 0.6 is 0 Å². The topological polar surface area (TPSA) is 41.1 Å². The summed E-state index contributed by atoms with van der Waals surface area (Å²) in [7, 11) is 2.05. The summed E-state index contributed by atoms with van der Waals surface area (Å²) in [6.45, 7) is 10.4. The van der Waals surface area contributed by atoms with Gasteiger partial charge >= 0.3 is 0 Å². The maximum absolute atomic E-state index is 4.58. The van der Waals surface area contributed by atoms with Gasteiger partial charge in [0.25, 0.3) is 0 Å². The van der Waals surface area contributed by atoms with Gasteiger partial charge in [-0.15, -0.1) is 0 Å². The van der Waals surface area contributed by atoms with E-state index in [1.165, 1.54) is 18.4 Å². The first kappa shape index (κ1) is 14.9. The summed E-state index contributed by atoms with van der Waals surface area (Å²) < 4.78 is 0. The van der Waals surface area contributed by atoms with Crippen LogP contribution in [0.2, 0.25) is 0 Å². The minimum Gasteiger partial charge on any atom is -0.344 e. The average molecular weight is 250 g/mol. The molecular weight excluding hydrogens is 224 g/mol. The summed E-state index contributed by atoms with van der Waals surface area (Å²) in [5.41, 5.74) is 2.24. The SMILES string of the molecule is CCCCN(C)c1ncc(CNC(C)C)c(C)n1. The Morgan fingerprint density at radius 2 is 2.11 bits per heavy atom. The zero-order valence-corrected chi connectivity index (χ0v) is 12.3. The van der Waals surface area contributed by atoms with Crippen LogP contribution in [0.3, 0.4) is 0 Å². The molecule has 0 unspecified atom stereocenters. The molecule has 0 saturated heterocycles. The van der Waals surface area contributed by atoms with Crippen LogP contribution < -0.4 is 10.2 Å². The molecule has 0 aromatic carbocycles. The van der Waals surface area contributed by atoms with Gasteiger partial charge in [-0.3, -0.25) is 0 Å². The number of hydrogen-bond acceptors (Lipinski definition) is 4. The third kappa shape index (κ3) is 4.61. The van der Waals surface area contributed by atoms with Crippen molar-refractivity contribution in [2.45, 2.75) is 53.1 Å². The van der Waals surface area contributed by atoms with Crippen LogP contribution in [0.5, 0.6) is 0 Å². The molecule has 102 valence electrons. The minimum atomic E-state index is 0.483. The van der Waals surface area contributed by atoms with E-state index in [1.807, 2.05) is 6.20 Å². The highest BCUT2D eigenvalue weighted by Gasteiger charge is 2.07. The summed E-state index contributed by atoms with van der Waals surface area (Å²) in [6, 6.07) is 0.483. The van der Waals surface area contributed by atoms with Gasteiger partial charge in [-0.05, 0) is 13.3 Å². The first-order valence-corrected chi connectivity index (χ1v) is 6.81. The molecule has 0 radical (unpaired) electrons. The average Bonchev–Trinajstić information content (AvgIpc) is 2.34. The van der Waals surface area contributed by atoms with Crippen LogP contribution in [-0.4, -0.2) is 29.6 Å². The van der Waals surface area contributed by atoms with Crippen LogP contribution in [0.4, 0.5) is 5.95 Å². The summed E-state index contributed by atoms with van der Waals surface area (Å²) in [5, 5.41) is 3.39. The number of rotatable bonds is 7. The van der Waals surface area contributed by atoms with E-state index in [4.69, 9.17) is 0 Å². The summed E-state index contributed by atoms with van der Waals surface area (Å²) in [4.78, 5) is 11.1. The monoisotopic (exact) mass is 250 g/mol. The van der Waals surface area contributed by atoms with Crippen molar-refractivity contribution in [1.29, 1.82) is 0 Å². The van der Waals surface area contributed by atoms with Gasteiger partial charge in [0.2, 0.25) is 5.95 Å². The van der Waals surface area contributed by atoms with Crippen LogP contribution in [-0.2, 0) is 6.54 Å². The molecule has 0 fully saturated rings. The molecular formula is C14H26N4. The van der Waals surface area contributed by atoms with Crippen LogP contribution in [0, 0.1) is 6.92 Å². The van der Waals surface area contributed by atoms with Gasteiger partial charge in [-0.1, -0.05) is 27.2 Å². The summed E-state index contributed by atoms with van der Waals surface area (Å²) in [6.07, 6.45) is 4.31. The van der Waals surface area contributed by atoms with E-state index >= 15 is 0 Å². The number of nitrogens with one attached hydrogen (secondary N) is 1. The molecule has 1 N–H and O–H groups in total. The molecule has 4 nitrogen and oxygen atoms in total. The van der Waals surface area contributed by atoms with Crippen LogP contribution in [0.1, 0.15) is 44.9 Å². The van der Waals surface area contributed by atoms with Gasteiger partial charge in [-0.25, -0.2) is 9.97 Å². The van der Waals surface area contributed by atoms with Crippen molar-refractivity contribution in [1.82, 2.24) is 15.3 Å². The highest BCUT2D eigenvalue weighted by atomic mass is 15.2. The maximum Gasteiger partial charge on any atom is 0.225 e. The number of hydrogen-bond donors (Lipinski definition) is 1. The van der Waals surface area contributed by atoms with Crippen molar-refractivity contribution in [3.63, 3.8) is 0 Å². The van der Waals surface area contributed by atoms with Crippen molar-refractivity contribution >= 4 is 5.95 Å².